The maximum Gasteiger partial charge on any atom is 0.331 e. The summed E-state index contributed by atoms with van der Waals surface area (Å²) in [5.41, 5.74) is 0.816. The van der Waals surface area contributed by atoms with E-state index >= 15 is 0 Å². The van der Waals surface area contributed by atoms with E-state index in [4.69, 9.17) is 9.47 Å². The lowest BCUT2D eigenvalue weighted by Gasteiger charge is -2.20. The van der Waals surface area contributed by atoms with E-state index in [-0.39, 0.29) is 19.0 Å². The van der Waals surface area contributed by atoms with Crippen LogP contribution in [0.5, 0.6) is 0 Å². The molecule has 0 bridgehead atoms. The van der Waals surface area contributed by atoms with E-state index in [9.17, 15) is 19.5 Å². The van der Waals surface area contributed by atoms with Crippen molar-refractivity contribution in [2.45, 2.75) is 142 Å². The van der Waals surface area contributed by atoms with Crippen molar-refractivity contribution in [2.75, 3.05) is 6.61 Å². The molecule has 0 aliphatic rings. The number of aliphatic hydroxyl groups excluding tert-OH is 1. The van der Waals surface area contributed by atoms with Crippen LogP contribution in [-0.2, 0) is 30.5 Å². The van der Waals surface area contributed by atoms with Crippen LogP contribution in [0.15, 0.2) is 30.3 Å². The predicted octanol–water partition coefficient (Wildman–Crippen LogP) is 6.79. The van der Waals surface area contributed by atoms with Crippen LogP contribution in [-0.4, -0.2) is 41.7 Å². The summed E-state index contributed by atoms with van der Waals surface area (Å²) >= 11 is 0. The average Bonchev–Trinajstić information content (AvgIpc) is 2.94. The van der Waals surface area contributed by atoms with Crippen molar-refractivity contribution < 1.29 is 29.0 Å². The Bertz CT molecular complexity index is 769. The number of esters is 2. The molecule has 0 saturated carbocycles. The van der Waals surface area contributed by atoms with Crippen LogP contribution in [0, 0.1) is 0 Å². The second-order valence-corrected chi connectivity index (χ2v) is 10.5. The quantitative estimate of drug-likeness (QED) is 0.109. The topological polar surface area (TPSA) is 102 Å². The molecule has 7 nitrogen and oxygen atoms in total. The molecule has 0 fully saturated rings. The number of hydrogen-bond donors (Lipinski definition) is 2. The fourth-order valence-corrected chi connectivity index (χ4v) is 4.47. The van der Waals surface area contributed by atoms with Crippen molar-refractivity contribution in [1.82, 2.24) is 5.32 Å². The van der Waals surface area contributed by atoms with Crippen LogP contribution in [0.3, 0.4) is 0 Å². The molecular weight excluding hydrogens is 494 g/mol. The zero-order valence-electron chi connectivity index (χ0n) is 24.5. The van der Waals surface area contributed by atoms with Gasteiger partial charge in [-0.1, -0.05) is 121 Å². The molecule has 0 unspecified atom stereocenters. The first-order valence-electron chi connectivity index (χ1n) is 15.3. The summed E-state index contributed by atoms with van der Waals surface area (Å²) in [5, 5.41) is 12.2. The fraction of sp³-hybridized carbons (Fsp3) is 0.719. The Balaban J connectivity index is 2.51. The van der Waals surface area contributed by atoms with Crippen molar-refractivity contribution in [3.8, 4) is 0 Å². The third kappa shape index (κ3) is 18.5. The first kappa shape index (κ1) is 34.6. The van der Waals surface area contributed by atoms with Crippen LogP contribution >= 0.6 is 0 Å². The first-order valence-corrected chi connectivity index (χ1v) is 15.3. The molecule has 0 aliphatic carbocycles. The molecule has 1 rings (SSSR count). The van der Waals surface area contributed by atoms with Crippen molar-refractivity contribution >= 4 is 17.8 Å². The third-order valence-electron chi connectivity index (χ3n) is 6.85. The summed E-state index contributed by atoms with van der Waals surface area (Å²) in [7, 11) is 0. The largest absolute Gasteiger partial charge is 0.462 e. The van der Waals surface area contributed by atoms with Gasteiger partial charge in [0.25, 0.3) is 0 Å². The van der Waals surface area contributed by atoms with E-state index in [2.05, 4.69) is 19.2 Å². The molecule has 0 radical (unpaired) electrons. The monoisotopic (exact) mass is 547 g/mol. The van der Waals surface area contributed by atoms with Gasteiger partial charge in [0.15, 0.2) is 6.04 Å². The molecule has 7 heteroatoms. The van der Waals surface area contributed by atoms with Crippen LogP contribution in [0.2, 0.25) is 0 Å². The van der Waals surface area contributed by atoms with Crippen molar-refractivity contribution in [2.24, 2.45) is 0 Å². The van der Waals surface area contributed by atoms with Crippen molar-refractivity contribution in [3.63, 3.8) is 0 Å². The van der Waals surface area contributed by atoms with Gasteiger partial charge in [-0.15, -0.1) is 0 Å². The first-order chi connectivity index (χ1) is 19.0. The van der Waals surface area contributed by atoms with Gasteiger partial charge in [-0.3, -0.25) is 9.59 Å². The molecule has 2 atom stereocenters. The van der Waals surface area contributed by atoms with Gasteiger partial charge in [-0.25, -0.2) is 4.79 Å². The lowest BCUT2D eigenvalue weighted by Crippen LogP contribution is -2.45. The molecule has 1 amide bonds. The number of carbonyl (C=O) groups is 3. The van der Waals surface area contributed by atoms with Crippen LogP contribution in [0.25, 0.3) is 0 Å². The summed E-state index contributed by atoms with van der Waals surface area (Å²) in [6.07, 6.45) is 16.2. The smallest absolute Gasteiger partial charge is 0.331 e. The summed E-state index contributed by atoms with van der Waals surface area (Å²) < 4.78 is 11.0. The number of ether oxygens (including phenoxy) is 2. The minimum Gasteiger partial charge on any atom is -0.462 e. The second-order valence-electron chi connectivity index (χ2n) is 10.5. The summed E-state index contributed by atoms with van der Waals surface area (Å²) in [6.45, 7) is 3.86. The van der Waals surface area contributed by atoms with Crippen LogP contribution in [0.4, 0.5) is 0 Å². The average molecular weight is 548 g/mol. The number of nitrogens with one attached hydrogen (secondary N) is 1. The molecular formula is C32H53NO6. The molecule has 1 aromatic carbocycles. The number of benzene rings is 1. The van der Waals surface area contributed by atoms with Gasteiger partial charge in [0, 0.05) is 6.42 Å². The summed E-state index contributed by atoms with van der Waals surface area (Å²) in [4.78, 5) is 37.6. The number of amides is 1. The van der Waals surface area contributed by atoms with Gasteiger partial charge in [-0.05, 0) is 24.8 Å². The van der Waals surface area contributed by atoms with E-state index in [1.54, 1.807) is 0 Å². The van der Waals surface area contributed by atoms with Crippen molar-refractivity contribution in [3.05, 3.63) is 35.9 Å². The Kier molecular flexibility index (Phi) is 20.8. The third-order valence-corrected chi connectivity index (χ3v) is 6.85. The van der Waals surface area contributed by atoms with Crippen LogP contribution in [0.1, 0.15) is 129 Å². The molecule has 0 aromatic heterocycles. The van der Waals surface area contributed by atoms with E-state index < -0.39 is 30.6 Å². The normalized spacial score (nSPS) is 12.5. The maximum absolute atomic E-state index is 12.8. The zero-order chi connectivity index (χ0) is 28.6. The number of hydrogen-bond acceptors (Lipinski definition) is 6. The van der Waals surface area contributed by atoms with Gasteiger partial charge in [-0.2, -0.15) is 0 Å². The number of carbonyl (C=O) groups excluding carboxylic acids is 3. The Morgan fingerprint density at radius 3 is 1.95 bits per heavy atom. The summed E-state index contributed by atoms with van der Waals surface area (Å²) in [5.74, 6) is -1.42. The highest BCUT2D eigenvalue weighted by Crippen LogP contribution is 2.16. The van der Waals surface area contributed by atoms with Gasteiger partial charge in [0.05, 0.1) is 13.0 Å². The Labute approximate surface area is 236 Å². The Hall–Kier alpha value is -2.41. The lowest BCUT2D eigenvalue weighted by molar-refractivity contribution is -0.153. The van der Waals surface area contributed by atoms with Gasteiger partial charge in [0.2, 0.25) is 5.91 Å². The minimum absolute atomic E-state index is 0.0406. The Morgan fingerprint density at radius 1 is 0.795 bits per heavy atom. The predicted molar refractivity (Wildman–Crippen MR) is 155 cm³/mol. The number of unbranched alkanes of at least 4 members (excludes halogenated alkanes) is 12. The standard InChI is InChI=1S/C32H53NO6/c1-3-5-7-9-10-11-12-14-18-22-28(39-31(36)23-19-13-8-6-4-2)24-30(35)33-29(25-34)32(37)38-26-27-20-16-15-17-21-27/h15-17,20-21,28-29,34H,3-14,18-19,22-26H2,1-2H3,(H,33,35)/t28-,29+/m1/s1. The highest BCUT2D eigenvalue weighted by atomic mass is 16.5. The van der Waals surface area contributed by atoms with Gasteiger partial charge >= 0.3 is 11.9 Å². The molecule has 0 heterocycles. The number of aliphatic hydroxyl groups is 1. The van der Waals surface area contributed by atoms with E-state index in [1.165, 1.54) is 38.5 Å². The number of rotatable bonds is 24. The highest BCUT2D eigenvalue weighted by molar-refractivity contribution is 5.85. The van der Waals surface area contributed by atoms with E-state index in [0.29, 0.717) is 12.8 Å². The summed E-state index contributed by atoms with van der Waals surface area (Å²) in [6, 6.07) is 8.05. The molecule has 0 spiro atoms. The maximum atomic E-state index is 12.8. The van der Waals surface area contributed by atoms with E-state index in [1.807, 2.05) is 30.3 Å². The fourth-order valence-electron chi connectivity index (χ4n) is 4.47. The molecule has 222 valence electrons. The zero-order valence-corrected chi connectivity index (χ0v) is 24.5. The second kappa shape index (κ2) is 23.5. The minimum atomic E-state index is -1.16. The van der Waals surface area contributed by atoms with Gasteiger partial charge < -0.3 is 19.9 Å². The molecule has 0 saturated heterocycles. The molecule has 2 N–H and O–H groups in total. The highest BCUT2D eigenvalue weighted by Gasteiger charge is 2.24. The molecule has 1 aromatic rings. The Morgan fingerprint density at radius 2 is 1.36 bits per heavy atom. The van der Waals surface area contributed by atoms with Crippen molar-refractivity contribution in [1.29, 1.82) is 0 Å². The SMILES string of the molecule is CCCCCCCCCCC[C@H](CC(=O)N[C@@H](CO)C(=O)OCc1ccccc1)OC(=O)CCCCCCC. The van der Waals surface area contributed by atoms with Crippen LogP contribution < -0.4 is 5.32 Å². The molecule has 0 aliphatic heterocycles. The molecule has 39 heavy (non-hydrogen) atoms. The van der Waals surface area contributed by atoms with Gasteiger partial charge in [0.1, 0.15) is 12.7 Å². The van der Waals surface area contributed by atoms with E-state index in [0.717, 1.165) is 56.9 Å². The lowest BCUT2D eigenvalue weighted by atomic mass is 10.0.